The Morgan fingerprint density at radius 1 is 1.38 bits per heavy atom. The van der Waals surface area contributed by atoms with E-state index in [2.05, 4.69) is 0 Å². The number of hydrogen-bond donors (Lipinski definition) is 0. The summed E-state index contributed by atoms with van der Waals surface area (Å²) in [5.74, 6) is -4.25. The molecule has 0 fully saturated rings. The van der Waals surface area contributed by atoms with Crippen LogP contribution in [-0.4, -0.2) is 6.61 Å². The average Bonchev–Trinajstić information content (AvgIpc) is 2.10. The molecule has 0 heterocycles. The minimum absolute atomic E-state index is 0.113. The van der Waals surface area contributed by atoms with Gasteiger partial charge in [0.05, 0.1) is 12.7 Å². The van der Waals surface area contributed by atoms with E-state index in [9.17, 15) is 13.2 Å². The molecule has 1 rings (SSSR count). The lowest BCUT2D eigenvalue weighted by Gasteiger charge is -2.04. The fourth-order valence-corrected chi connectivity index (χ4v) is 0.772. The van der Waals surface area contributed by atoms with E-state index in [4.69, 9.17) is 4.74 Å². The van der Waals surface area contributed by atoms with Crippen LogP contribution in [0.1, 0.15) is 13.3 Å². The monoisotopic (exact) mass is 189 g/mol. The van der Waals surface area contributed by atoms with Crippen LogP contribution in [0.15, 0.2) is 6.07 Å². The molecule has 0 bridgehead atoms. The molecular weight excluding hydrogens is 181 g/mol. The van der Waals surface area contributed by atoms with Crippen molar-refractivity contribution in [1.29, 1.82) is 0 Å². The second kappa shape index (κ2) is 4.16. The van der Waals surface area contributed by atoms with Crippen molar-refractivity contribution in [1.82, 2.24) is 0 Å². The zero-order valence-electron chi connectivity index (χ0n) is 7.03. The van der Waals surface area contributed by atoms with Crippen LogP contribution in [0.5, 0.6) is 5.75 Å². The highest BCUT2D eigenvalue weighted by molar-refractivity contribution is 5.23. The van der Waals surface area contributed by atoms with E-state index < -0.39 is 17.5 Å². The second-order valence-electron chi connectivity index (χ2n) is 2.46. The number of benzene rings is 1. The fourth-order valence-electron chi connectivity index (χ4n) is 0.772. The smallest absolute Gasteiger partial charge is 0.195 e. The summed E-state index contributed by atoms with van der Waals surface area (Å²) in [5.41, 5.74) is 0. The van der Waals surface area contributed by atoms with Crippen LogP contribution in [0.4, 0.5) is 13.2 Å². The highest BCUT2D eigenvalue weighted by Crippen LogP contribution is 2.18. The van der Waals surface area contributed by atoms with Crippen LogP contribution in [0.2, 0.25) is 0 Å². The predicted molar refractivity (Wildman–Crippen MR) is 40.9 cm³/mol. The molecule has 13 heavy (non-hydrogen) atoms. The van der Waals surface area contributed by atoms with Crippen molar-refractivity contribution in [2.45, 2.75) is 13.3 Å². The minimum atomic E-state index is -1.52. The number of ether oxygens (including phenoxy) is 1. The van der Waals surface area contributed by atoms with Gasteiger partial charge in [-0.1, -0.05) is 6.92 Å². The van der Waals surface area contributed by atoms with E-state index in [0.717, 1.165) is 6.07 Å². The van der Waals surface area contributed by atoms with Gasteiger partial charge in [0.25, 0.3) is 0 Å². The Balaban J connectivity index is 2.86. The Bertz CT molecular complexity index is 276. The molecule has 0 saturated heterocycles. The summed E-state index contributed by atoms with van der Waals surface area (Å²) in [6.45, 7) is 2.16. The maximum Gasteiger partial charge on any atom is 0.195 e. The van der Waals surface area contributed by atoms with Crippen molar-refractivity contribution < 1.29 is 17.9 Å². The third-order valence-corrected chi connectivity index (χ3v) is 1.35. The minimum Gasteiger partial charge on any atom is -0.493 e. The molecule has 0 aliphatic carbocycles. The lowest BCUT2D eigenvalue weighted by Crippen LogP contribution is -1.98. The van der Waals surface area contributed by atoms with Gasteiger partial charge in [-0.15, -0.1) is 0 Å². The quantitative estimate of drug-likeness (QED) is 0.664. The summed E-state index contributed by atoms with van der Waals surface area (Å²) in [6, 6.07) is 2.72. The van der Waals surface area contributed by atoms with E-state index in [1.54, 1.807) is 0 Å². The number of halogens is 3. The molecule has 0 unspecified atom stereocenters. The molecular formula is C9H8F3O. The van der Waals surface area contributed by atoms with E-state index in [1.807, 2.05) is 13.0 Å². The predicted octanol–water partition coefficient (Wildman–Crippen LogP) is 2.69. The maximum absolute atomic E-state index is 12.6. The Hall–Kier alpha value is -1.19. The van der Waals surface area contributed by atoms with Crippen LogP contribution in [0.25, 0.3) is 0 Å². The van der Waals surface area contributed by atoms with Gasteiger partial charge in [0.1, 0.15) is 5.75 Å². The largest absolute Gasteiger partial charge is 0.493 e. The summed E-state index contributed by atoms with van der Waals surface area (Å²) < 4.78 is 42.3. The Morgan fingerprint density at radius 3 is 2.62 bits per heavy atom. The van der Waals surface area contributed by atoms with Gasteiger partial charge in [-0.25, -0.2) is 13.2 Å². The van der Waals surface area contributed by atoms with Crippen LogP contribution < -0.4 is 4.74 Å². The normalized spacial score (nSPS) is 10.2. The van der Waals surface area contributed by atoms with E-state index in [0.29, 0.717) is 13.0 Å². The summed E-state index contributed by atoms with van der Waals surface area (Å²) in [7, 11) is 0. The first kappa shape index (κ1) is 9.89. The van der Waals surface area contributed by atoms with Crippen molar-refractivity contribution in [3.05, 3.63) is 29.6 Å². The SMILES string of the molecule is CCCOc1[c]c(F)c(F)c(F)c1. The lowest BCUT2D eigenvalue weighted by atomic mass is 10.3. The summed E-state index contributed by atoms with van der Waals surface area (Å²) in [6.07, 6.45) is 0.703. The van der Waals surface area contributed by atoms with Gasteiger partial charge in [0.15, 0.2) is 17.5 Å². The molecule has 4 heteroatoms. The van der Waals surface area contributed by atoms with Crippen molar-refractivity contribution in [3.8, 4) is 5.75 Å². The molecule has 1 aromatic carbocycles. The van der Waals surface area contributed by atoms with E-state index in [1.165, 1.54) is 0 Å². The third-order valence-electron chi connectivity index (χ3n) is 1.35. The van der Waals surface area contributed by atoms with Crippen molar-refractivity contribution in [2.24, 2.45) is 0 Å². The molecule has 71 valence electrons. The Morgan fingerprint density at radius 2 is 2.08 bits per heavy atom. The zero-order chi connectivity index (χ0) is 9.84. The zero-order valence-corrected chi connectivity index (χ0v) is 7.03. The van der Waals surface area contributed by atoms with Gasteiger partial charge < -0.3 is 4.74 Å². The topological polar surface area (TPSA) is 9.23 Å². The van der Waals surface area contributed by atoms with Crippen LogP contribution in [-0.2, 0) is 0 Å². The highest BCUT2D eigenvalue weighted by Gasteiger charge is 2.11. The standard InChI is InChI=1S/C9H8F3O/c1-2-3-13-6-4-7(10)9(12)8(11)5-6/h4H,2-3H2,1H3. The number of rotatable bonds is 3. The van der Waals surface area contributed by atoms with E-state index >= 15 is 0 Å². The van der Waals surface area contributed by atoms with Gasteiger partial charge in [-0.2, -0.15) is 0 Å². The van der Waals surface area contributed by atoms with Gasteiger partial charge in [-0.05, 0) is 6.42 Å². The molecule has 0 amide bonds. The first-order valence-corrected chi connectivity index (χ1v) is 3.84. The first-order chi connectivity index (χ1) is 6.15. The molecule has 0 aliphatic heterocycles. The molecule has 0 spiro atoms. The van der Waals surface area contributed by atoms with Crippen molar-refractivity contribution in [2.75, 3.05) is 6.61 Å². The molecule has 1 aromatic rings. The van der Waals surface area contributed by atoms with Gasteiger partial charge in [-0.3, -0.25) is 0 Å². The molecule has 0 aliphatic rings. The molecule has 1 radical (unpaired) electrons. The maximum atomic E-state index is 12.6. The summed E-state index contributed by atoms with van der Waals surface area (Å²) in [5, 5.41) is 0. The Kier molecular flexibility index (Phi) is 3.17. The van der Waals surface area contributed by atoms with Crippen molar-refractivity contribution >= 4 is 0 Å². The molecule has 1 nitrogen and oxygen atoms in total. The average molecular weight is 189 g/mol. The second-order valence-corrected chi connectivity index (χ2v) is 2.46. The number of hydrogen-bond acceptors (Lipinski definition) is 1. The fraction of sp³-hybridized carbons (Fsp3) is 0.333. The third kappa shape index (κ3) is 2.37. The van der Waals surface area contributed by atoms with Crippen LogP contribution in [0, 0.1) is 23.5 Å². The lowest BCUT2D eigenvalue weighted by molar-refractivity contribution is 0.309. The molecule has 0 atom stereocenters. The summed E-state index contributed by atoms with van der Waals surface area (Å²) >= 11 is 0. The van der Waals surface area contributed by atoms with Crippen LogP contribution in [0.3, 0.4) is 0 Å². The highest BCUT2D eigenvalue weighted by atomic mass is 19.2. The Labute approximate surface area is 74.1 Å². The van der Waals surface area contributed by atoms with Crippen molar-refractivity contribution in [3.63, 3.8) is 0 Å². The molecule has 0 saturated carbocycles. The molecule has 0 aromatic heterocycles. The van der Waals surface area contributed by atoms with E-state index in [-0.39, 0.29) is 5.75 Å². The van der Waals surface area contributed by atoms with Gasteiger partial charge in [0, 0.05) is 6.07 Å². The van der Waals surface area contributed by atoms with Crippen LogP contribution >= 0.6 is 0 Å². The summed E-state index contributed by atoms with van der Waals surface area (Å²) in [4.78, 5) is 0. The first-order valence-electron chi connectivity index (χ1n) is 3.84. The molecule has 0 N–H and O–H groups in total. The van der Waals surface area contributed by atoms with Gasteiger partial charge >= 0.3 is 0 Å². The van der Waals surface area contributed by atoms with Gasteiger partial charge in [0.2, 0.25) is 0 Å².